The highest BCUT2D eigenvalue weighted by Gasteiger charge is 2.17. The Morgan fingerprint density at radius 2 is 2.22 bits per heavy atom. The number of hydrogen-bond donors (Lipinski definition) is 2. The fourth-order valence-corrected chi connectivity index (χ4v) is 3.09. The normalized spacial score (nSPS) is 12.3. The molecule has 0 saturated heterocycles. The van der Waals surface area contributed by atoms with Crippen LogP contribution >= 0.6 is 11.3 Å². The molecule has 2 rings (SSSR count). The van der Waals surface area contributed by atoms with Gasteiger partial charge in [-0.1, -0.05) is 6.92 Å². The number of aromatic nitrogens is 2. The average molecular weight is 337 g/mol. The van der Waals surface area contributed by atoms with Crippen LogP contribution in [0.4, 0.5) is 0 Å². The summed E-state index contributed by atoms with van der Waals surface area (Å²) >= 11 is 1.47. The smallest absolute Gasteiger partial charge is 0.326 e. The number of carboxylic acids is 1. The molecule has 0 aliphatic carbocycles. The van der Waals surface area contributed by atoms with Crippen molar-refractivity contribution in [3.8, 4) is 0 Å². The lowest BCUT2D eigenvalue weighted by atomic mass is 10.2. The third-order valence-electron chi connectivity index (χ3n) is 3.49. The summed E-state index contributed by atoms with van der Waals surface area (Å²) in [6.07, 6.45) is 2.43. The predicted octanol–water partition coefficient (Wildman–Crippen LogP) is 1.53. The molecule has 0 saturated carbocycles. The Bertz CT molecular complexity index is 781. The zero-order valence-corrected chi connectivity index (χ0v) is 13.9. The molecular formula is C15H19N3O4S. The van der Waals surface area contributed by atoms with Gasteiger partial charge in [-0.05, 0) is 25.8 Å². The highest BCUT2D eigenvalue weighted by atomic mass is 32.1. The molecule has 0 fully saturated rings. The van der Waals surface area contributed by atoms with Gasteiger partial charge >= 0.3 is 5.97 Å². The van der Waals surface area contributed by atoms with E-state index < -0.39 is 12.0 Å². The van der Waals surface area contributed by atoms with Crippen molar-refractivity contribution >= 4 is 33.4 Å². The number of rotatable bonds is 7. The summed E-state index contributed by atoms with van der Waals surface area (Å²) < 4.78 is 1.48. The molecule has 0 aliphatic heterocycles. The molecule has 1 unspecified atom stereocenters. The van der Waals surface area contributed by atoms with Gasteiger partial charge in [-0.25, -0.2) is 9.78 Å². The summed E-state index contributed by atoms with van der Waals surface area (Å²) in [5.74, 6) is -1.37. The van der Waals surface area contributed by atoms with Crippen molar-refractivity contribution in [2.45, 2.75) is 45.7 Å². The molecule has 2 aromatic heterocycles. The maximum atomic E-state index is 12.3. The van der Waals surface area contributed by atoms with E-state index >= 15 is 0 Å². The molecule has 2 heterocycles. The summed E-state index contributed by atoms with van der Waals surface area (Å²) in [6, 6.07) is 0.953. The van der Waals surface area contributed by atoms with Crippen LogP contribution in [0, 0.1) is 6.92 Å². The monoisotopic (exact) mass is 337 g/mol. The molecule has 2 aromatic rings. The number of amides is 1. The number of thiophene rings is 1. The molecule has 0 spiro atoms. The van der Waals surface area contributed by atoms with Crippen LogP contribution in [0.1, 0.15) is 31.1 Å². The molecular weight excluding hydrogens is 318 g/mol. The summed E-state index contributed by atoms with van der Waals surface area (Å²) in [4.78, 5) is 40.9. The first-order valence-corrected chi connectivity index (χ1v) is 8.21. The fraction of sp³-hybridized carbons (Fsp3) is 0.467. The summed E-state index contributed by atoms with van der Waals surface area (Å²) in [6.45, 7) is 3.99. The molecule has 1 atom stereocenters. The first-order valence-electron chi connectivity index (χ1n) is 7.40. The topological polar surface area (TPSA) is 101 Å². The SMILES string of the molecule is CCC(NC(=O)CCCn1cnc2sc(C)cc2c1=O)C(=O)O. The minimum absolute atomic E-state index is 0.114. The van der Waals surface area contributed by atoms with Gasteiger partial charge in [0.2, 0.25) is 5.91 Å². The van der Waals surface area contributed by atoms with Crippen molar-refractivity contribution in [2.75, 3.05) is 0 Å². The van der Waals surface area contributed by atoms with Crippen LogP contribution in [-0.4, -0.2) is 32.6 Å². The third-order valence-corrected chi connectivity index (χ3v) is 4.44. The maximum absolute atomic E-state index is 12.3. The van der Waals surface area contributed by atoms with Gasteiger partial charge in [0, 0.05) is 17.8 Å². The predicted molar refractivity (Wildman–Crippen MR) is 87.7 cm³/mol. The molecule has 8 heteroatoms. The largest absolute Gasteiger partial charge is 0.480 e. The highest BCUT2D eigenvalue weighted by molar-refractivity contribution is 7.18. The zero-order chi connectivity index (χ0) is 17.0. The van der Waals surface area contributed by atoms with Crippen molar-refractivity contribution in [3.63, 3.8) is 0 Å². The maximum Gasteiger partial charge on any atom is 0.326 e. The van der Waals surface area contributed by atoms with Crippen LogP contribution < -0.4 is 10.9 Å². The van der Waals surface area contributed by atoms with Crippen LogP contribution in [-0.2, 0) is 16.1 Å². The van der Waals surface area contributed by atoms with Crippen molar-refractivity contribution in [2.24, 2.45) is 0 Å². The number of carbonyl (C=O) groups is 2. The molecule has 0 aliphatic rings. The molecule has 2 N–H and O–H groups in total. The minimum Gasteiger partial charge on any atom is -0.480 e. The lowest BCUT2D eigenvalue weighted by Crippen LogP contribution is -2.40. The third kappa shape index (κ3) is 4.16. The first kappa shape index (κ1) is 17.1. The number of aryl methyl sites for hydroxylation is 2. The number of carboxylic acid groups (broad SMARTS) is 1. The van der Waals surface area contributed by atoms with Crippen LogP contribution in [0.3, 0.4) is 0 Å². The van der Waals surface area contributed by atoms with E-state index in [1.54, 1.807) is 6.92 Å². The summed E-state index contributed by atoms with van der Waals surface area (Å²) in [5.41, 5.74) is -0.114. The highest BCUT2D eigenvalue weighted by Crippen LogP contribution is 2.19. The molecule has 0 radical (unpaired) electrons. The van der Waals surface area contributed by atoms with E-state index in [1.807, 2.05) is 13.0 Å². The van der Waals surface area contributed by atoms with Gasteiger partial charge in [0.25, 0.3) is 5.56 Å². The van der Waals surface area contributed by atoms with Crippen LogP contribution in [0.2, 0.25) is 0 Å². The lowest BCUT2D eigenvalue weighted by Gasteiger charge is -2.12. The Labute approximate surface area is 137 Å². The second kappa shape index (κ2) is 7.36. The molecule has 0 aromatic carbocycles. The Kier molecular flexibility index (Phi) is 5.49. The van der Waals surface area contributed by atoms with Gasteiger partial charge in [0.05, 0.1) is 11.7 Å². The number of fused-ring (bicyclic) bond motifs is 1. The minimum atomic E-state index is -1.04. The average Bonchev–Trinajstić information content (AvgIpc) is 2.88. The van der Waals surface area contributed by atoms with Crippen LogP contribution in [0.5, 0.6) is 0 Å². The second-order valence-corrected chi connectivity index (χ2v) is 6.52. The number of aliphatic carboxylic acids is 1. The molecule has 1 amide bonds. The van der Waals surface area contributed by atoms with Crippen LogP contribution in [0.15, 0.2) is 17.2 Å². The second-order valence-electron chi connectivity index (χ2n) is 5.29. The van der Waals surface area contributed by atoms with Crippen molar-refractivity contribution in [1.82, 2.24) is 14.9 Å². The van der Waals surface area contributed by atoms with E-state index in [0.717, 1.165) is 4.88 Å². The van der Waals surface area contributed by atoms with E-state index in [2.05, 4.69) is 10.3 Å². The van der Waals surface area contributed by atoms with Gasteiger partial charge in [0.1, 0.15) is 10.9 Å². The Morgan fingerprint density at radius 1 is 1.48 bits per heavy atom. The first-order chi connectivity index (χ1) is 10.9. The van der Waals surface area contributed by atoms with E-state index in [9.17, 15) is 14.4 Å². The number of hydrogen-bond acceptors (Lipinski definition) is 5. The van der Waals surface area contributed by atoms with Gasteiger partial charge in [-0.15, -0.1) is 11.3 Å². The standard InChI is InChI=1S/C15H19N3O4S/c1-3-11(15(21)22)17-12(19)5-4-6-18-8-16-13-10(14(18)20)7-9(2)23-13/h7-8,11H,3-6H2,1-2H3,(H,17,19)(H,21,22). The van der Waals surface area contributed by atoms with Gasteiger partial charge in [-0.3, -0.25) is 14.2 Å². The Morgan fingerprint density at radius 3 is 2.87 bits per heavy atom. The van der Waals surface area contributed by atoms with E-state index in [1.165, 1.54) is 22.2 Å². The quantitative estimate of drug-likeness (QED) is 0.798. The van der Waals surface area contributed by atoms with E-state index in [-0.39, 0.29) is 17.9 Å². The Hall–Kier alpha value is -2.22. The van der Waals surface area contributed by atoms with Crippen molar-refractivity contribution in [1.29, 1.82) is 0 Å². The van der Waals surface area contributed by atoms with Crippen molar-refractivity contribution < 1.29 is 14.7 Å². The fourth-order valence-electron chi connectivity index (χ4n) is 2.25. The number of carbonyl (C=O) groups excluding carboxylic acids is 1. The van der Waals surface area contributed by atoms with Gasteiger partial charge in [-0.2, -0.15) is 0 Å². The lowest BCUT2D eigenvalue weighted by molar-refractivity contribution is -0.141. The summed E-state index contributed by atoms with van der Waals surface area (Å²) in [7, 11) is 0. The summed E-state index contributed by atoms with van der Waals surface area (Å²) in [5, 5.41) is 12.0. The Balaban J connectivity index is 1.94. The number of nitrogens with one attached hydrogen (secondary N) is 1. The zero-order valence-electron chi connectivity index (χ0n) is 13.0. The van der Waals surface area contributed by atoms with Crippen molar-refractivity contribution in [3.05, 3.63) is 27.6 Å². The van der Waals surface area contributed by atoms with E-state index in [0.29, 0.717) is 29.6 Å². The van der Waals surface area contributed by atoms with Crippen LogP contribution in [0.25, 0.3) is 10.2 Å². The molecule has 0 bridgehead atoms. The molecule has 124 valence electrons. The molecule has 7 nitrogen and oxygen atoms in total. The van der Waals surface area contributed by atoms with Gasteiger partial charge < -0.3 is 10.4 Å². The van der Waals surface area contributed by atoms with E-state index in [4.69, 9.17) is 5.11 Å². The van der Waals surface area contributed by atoms with Gasteiger partial charge in [0.15, 0.2) is 0 Å². The number of nitrogens with zero attached hydrogens (tertiary/aromatic N) is 2. The molecule has 23 heavy (non-hydrogen) atoms.